The van der Waals surface area contributed by atoms with Gasteiger partial charge in [0.15, 0.2) is 0 Å². The Balaban J connectivity index is 1.93. The van der Waals surface area contributed by atoms with E-state index < -0.39 is 35.3 Å². The molecule has 6 atom stereocenters. The highest BCUT2D eigenvalue weighted by Crippen LogP contribution is 2.46. The first-order valence-corrected chi connectivity index (χ1v) is 14.3. The van der Waals surface area contributed by atoms with E-state index in [9.17, 15) is 14.4 Å². The van der Waals surface area contributed by atoms with Gasteiger partial charge in [-0.3, -0.25) is 4.79 Å². The molecular weight excluding hydrogens is 488 g/mol. The molecule has 0 aromatic rings. The maximum absolute atomic E-state index is 13.0. The molecule has 9 nitrogen and oxygen atoms in total. The van der Waals surface area contributed by atoms with E-state index in [1.54, 1.807) is 27.7 Å². The third-order valence-electron chi connectivity index (χ3n) is 7.04. The van der Waals surface area contributed by atoms with Crippen LogP contribution in [0.5, 0.6) is 0 Å². The van der Waals surface area contributed by atoms with Crippen LogP contribution >= 0.6 is 0 Å². The van der Waals surface area contributed by atoms with Crippen molar-refractivity contribution >= 4 is 18.2 Å². The third kappa shape index (κ3) is 12.2. The van der Waals surface area contributed by atoms with Crippen LogP contribution in [-0.2, 0) is 23.7 Å². The van der Waals surface area contributed by atoms with Crippen LogP contribution in [0, 0.1) is 23.7 Å². The van der Waals surface area contributed by atoms with Crippen LogP contribution in [0.2, 0.25) is 0 Å². The monoisotopic (exact) mass is 540 g/mol. The van der Waals surface area contributed by atoms with Gasteiger partial charge in [-0.25, -0.2) is 9.59 Å². The van der Waals surface area contributed by atoms with Crippen molar-refractivity contribution < 1.29 is 33.3 Å². The Morgan fingerprint density at radius 3 is 1.71 bits per heavy atom. The Hall–Kier alpha value is -2.03. The van der Waals surface area contributed by atoms with Crippen molar-refractivity contribution in [3.8, 4) is 0 Å². The van der Waals surface area contributed by atoms with Crippen molar-refractivity contribution in [2.45, 2.75) is 130 Å². The van der Waals surface area contributed by atoms with Crippen LogP contribution < -0.4 is 10.6 Å². The van der Waals surface area contributed by atoms with Crippen molar-refractivity contribution in [3.05, 3.63) is 0 Å². The molecule has 0 aliphatic heterocycles. The molecule has 0 heterocycles. The first kappa shape index (κ1) is 32.2. The molecule has 2 aliphatic rings. The summed E-state index contributed by atoms with van der Waals surface area (Å²) in [6, 6.07) is -0.677. The van der Waals surface area contributed by atoms with Gasteiger partial charge in [-0.05, 0) is 106 Å². The highest BCUT2D eigenvalue weighted by molar-refractivity contribution is 5.73. The molecule has 0 unspecified atom stereocenters. The second kappa shape index (κ2) is 13.9. The van der Waals surface area contributed by atoms with Crippen LogP contribution in [0.25, 0.3) is 0 Å². The quantitative estimate of drug-likeness (QED) is 0.259. The van der Waals surface area contributed by atoms with Crippen molar-refractivity contribution in [1.29, 1.82) is 0 Å². The minimum atomic E-state index is -0.604. The topological polar surface area (TPSA) is 112 Å². The van der Waals surface area contributed by atoms with E-state index in [0.717, 1.165) is 18.3 Å². The second-order valence-electron chi connectivity index (χ2n) is 13.5. The molecule has 2 fully saturated rings. The van der Waals surface area contributed by atoms with Crippen LogP contribution in [-0.4, -0.2) is 60.8 Å². The van der Waals surface area contributed by atoms with Gasteiger partial charge in [-0.15, -0.1) is 0 Å². The van der Waals surface area contributed by atoms with Crippen LogP contribution in [0.4, 0.5) is 9.59 Å². The van der Waals surface area contributed by atoms with E-state index in [4.69, 9.17) is 18.9 Å². The van der Waals surface area contributed by atoms with E-state index in [1.807, 2.05) is 34.6 Å². The molecule has 0 saturated heterocycles. The van der Waals surface area contributed by atoms with Gasteiger partial charge >= 0.3 is 18.2 Å². The van der Waals surface area contributed by atoms with Gasteiger partial charge in [0, 0.05) is 0 Å². The van der Waals surface area contributed by atoms with Crippen LogP contribution in [0.15, 0.2) is 0 Å². The van der Waals surface area contributed by atoms with Gasteiger partial charge in [0.05, 0.1) is 30.7 Å². The number of alkyl carbamates (subject to hydrolysis) is 2. The van der Waals surface area contributed by atoms with Crippen molar-refractivity contribution in [2.24, 2.45) is 23.7 Å². The van der Waals surface area contributed by atoms with Crippen molar-refractivity contribution in [1.82, 2.24) is 10.6 Å². The first-order chi connectivity index (χ1) is 17.5. The summed E-state index contributed by atoms with van der Waals surface area (Å²) >= 11 is 0. The van der Waals surface area contributed by atoms with Gasteiger partial charge in [0.2, 0.25) is 0 Å². The molecule has 2 rings (SSSR count). The molecule has 220 valence electrons. The Morgan fingerprint density at radius 2 is 1.24 bits per heavy atom. The summed E-state index contributed by atoms with van der Waals surface area (Å²) in [6.07, 6.45) is 5.73. The number of carbonyl (C=O) groups is 3. The average molecular weight is 541 g/mol. The lowest BCUT2D eigenvalue weighted by molar-refractivity contribution is -0.155. The average Bonchev–Trinajstić information content (AvgIpc) is 3.09. The molecule has 2 amide bonds. The summed E-state index contributed by atoms with van der Waals surface area (Å²) in [4.78, 5) is 37.2. The molecule has 9 heteroatoms. The fourth-order valence-corrected chi connectivity index (χ4v) is 5.44. The van der Waals surface area contributed by atoms with E-state index in [-0.39, 0.29) is 31.3 Å². The molecule has 2 saturated carbocycles. The van der Waals surface area contributed by atoms with Crippen LogP contribution in [0.1, 0.15) is 101 Å². The molecule has 2 bridgehead atoms. The molecule has 0 aromatic carbocycles. The SMILES string of the molecule is C[C@H](COC(=O)[C@H](C)[C@@H](CC1C[C@@H]2CC[C@@H](C1)C2)OC[C@@H](C)NC(=O)OC(C)(C)C)NC(=O)OC(C)(C)C. The first-order valence-electron chi connectivity index (χ1n) is 14.3. The summed E-state index contributed by atoms with van der Waals surface area (Å²) in [5.74, 6) is 1.24. The molecule has 0 spiro atoms. The van der Waals surface area contributed by atoms with Gasteiger partial charge in [-0.1, -0.05) is 12.8 Å². The lowest BCUT2D eigenvalue weighted by Crippen LogP contribution is -2.43. The fourth-order valence-electron chi connectivity index (χ4n) is 5.44. The normalized spacial score (nSPS) is 24.5. The lowest BCUT2D eigenvalue weighted by atomic mass is 9.77. The van der Waals surface area contributed by atoms with E-state index in [2.05, 4.69) is 10.6 Å². The minimum absolute atomic E-state index is 0.0410. The molecule has 38 heavy (non-hydrogen) atoms. The smallest absolute Gasteiger partial charge is 0.407 e. The fraction of sp³-hybridized carbons (Fsp3) is 0.897. The maximum Gasteiger partial charge on any atom is 0.407 e. The van der Waals surface area contributed by atoms with Crippen molar-refractivity contribution in [2.75, 3.05) is 13.2 Å². The Kier molecular flexibility index (Phi) is 11.7. The Labute approximate surface area is 229 Å². The summed E-state index contributed by atoms with van der Waals surface area (Å²) < 4.78 is 22.5. The highest BCUT2D eigenvalue weighted by Gasteiger charge is 2.37. The number of hydrogen-bond acceptors (Lipinski definition) is 7. The van der Waals surface area contributed by atoms with E-state index >= 15 is 0 Å². The molecule has 0 radical (unpaired) electrons. The minimum Gasteiger partial charge on any atom is -0.463 e. The zero-order chi connectivity index (χ0) is 28.7. The highest BCUT2D eigenvalue weighted by atomic mass is 16.6. The number of nitrogens with one attached hydrogen (secondary N) is 2. The largest absolute Gasteiger partial charge is 0.463 e. The predicted molar refractivity (Wildman–Crippen MR) is 146 cm³/mol. The predicted octanol–water partition coefficient (Wildman–Crippen LogP) is 5.59. The number of fused-ring (bicyclic) bond motifs is 2. The number of esters is 1. The summed E-state index contributed by atoms with van der Waals surface area (Å²) in [6.45, 7) is 16.6. The van der Waals surface area contributed by atoms with E-state index in [0.29, 0.717) is 5.92 Å². The van der Waals surface area contributed by atoms with Gasteiger partial charge in [-0.2, -0.15) is 0 Å². The Morgan fingerprint density at radius 1 is 0.763 bits per heavy atom. The standard InChI is InChI=1S/C29H52N2O7/c1-18(30-26(33)37-28(4,5)6)16-35-24(15-23-13-21-10-11-22(12-21)14-23)20(3)25(32)36-17-19(2)31-27(34)38-29(7,8)9/h18-24H,10-17H2,1-9H3,(H,30,33)(H,31,34)/t18-,19-,20-,21-,22-,24-/m1/s1. The zero-order valence-electron chi connectivity index (χ0n) is 25.1. The van der Waals surface area contributed by atoms with Crippen molar-refractivity contribution in [3.63, 3.8) is 0 Å². The second-order valence-corrected chi connectivity index (χ2v) is 13.5. The lowest BCUT2D eigenvalue weighted by Gasteiger charge is -2.33. The number of amides is 2. The number of carbonyl (C=O) groups excluding carboxylic acids is 3. The molecule has 0 aromatic heterocycles. The maximum atomic E-state index is 13.0. The number of hydrogen-bond donors (Lipinski definition) is 2. The number of ether oxygens (including phenoxy) is 4. The molecule has 2 N–H and O–H groups in total. The summed E-state index contributed by atoms with van der Waals surface area (Å²) in [7, 11) is 0. The third-order valence-corrected chi connectivity index (χ3v) is 7.04. The zero-order valence-corrected chi connectivity index (χ0v) is 25.1. The summed E-state index contributed by atoms with van der Waals surface area (Å²) in [5.41, 5.74) is -1.19. The van der Waals surface area contributed by atoms with Gasteiger partial charge in [0.1, 0.15) is 17.8 Å². The Bertz CT molecular complexity index is 777. The van der Waals surface area contributed by atoms with Crippen LogP contribution in [0.3, 0.4) is 0 Å². The van der Waals surface area contributed by atoms with E-state index in [1.165, 1.54) is 32.1 Å². The van der Waals surface area contributed by atoms with Gasteiger partial charge < -0.3 is 29.6 Å². The summed E-state index contributed by atoms with van der Waals surface area (Å²) in [5, 5.41) is 5.50. The molecule has 2 aliphatic carbocycles. The van der Waals surface area contributed by atoms with Gasteiger partial charge in [0.25, 0.3) is 0 Å². The number of rotatable bonds is 11. The molecular formula is C29H52N2O7.